The number of carbonyl (C=O) groups is 1. The van der Waals surface area contributed by atoms with Crippen molar-refractivity contribution in [2.24, 2.45) is 5.84 Å². The van der Waals surface area contributed by atoms with Crippen molar-refractivity contribution < 1.29 is 4.79 Å². The molecule has 0 aliphatic carbocycles. The van der Waals surface area contributed by atoms with Gasteiger partial charge in [-0.2, -0.15) is 0 Å². The lowest BCUT2D eigenvalue weighted by molar-refractivity contribution is 0.131. The first-order chi connectivity index (χ1) is 15.6. The van der Waals surface area contributed by atoms with Gasteiger partial charge in [-0.3, -0.25) is 5.01 Å². The Morgan fingerprint density at radius 2 is 1.38 bits per heavy atom. The summed E-state index contributed by atoms with van der Waals surface area (Å²) in [4.78, 5) is 15.8. The van der Waals surface area contributed by atoms with Crippen molar-refractivity contribution >= 4 is 6.03 Å². The van der Waals surface area contributed by atoms with Gasteiger partial charge in [0.2, 0.25) is 0 Å². The maximum Gasteiger partial charge on any atom is 0.332 e. The molecule has 32 heavy (non-hydrogen) atoms. The van der Waals surface area contributed by atoms with Gasteiger partial charge in [-0.15, -0.1) is 0 Å². The minimum atomic E-state index is -0.864. The molecule has 2 amide bonds. The van der Waals surface area contributed by atoms with Crippen molar-refractivity contribution in [2.75, 3.05) is 20.1 Å². The number of likely N-dealkylation sites (N-methyl/N-ethyl adjacent to an activating group) is 1. The Balaban J connectivity index is 1.73. The highest BCUT2D eigenvalue weighted by Gasteiger charge is 2.39. The molecule has 0 aromatic heterocycles. The van der Waals surface area contributed by atoms with Gasteiger partial charge in [0.25, 0.3) is 0 Å². The molecule has 0 saturated carbocycles. The number of urea groups is 1. The molecule has 0 bridgehead atoms. The van der Waals surface area contributed by atoms with E-state index in [0.29, 0.717) is 6.54 Å². The number of nitrogens with zero attached hydrogens (tertiary/aromatic N) is 2. The highest BCUT2D eigenvalue weighted by molar-refractivity contribution is 5.77. The normalized spacial score (nSPS) is 17.0. The highest BCUT2D eigenvalue weighted by atomic mass is 16.2. The number of piperidine rings is 1. The largest absolute Gasteiger partial charge is 0.332 e. The predicted molar refractivity (Wildman–Crippen MR) is 129 cm³/mol. The Kier molecular flexibility index (Phi) is 6.88. The maximum atomic E-state index is 13.5. The summed E-state index contributed by atoms with van der Waals surface area (Å²) in [5.41, 5.74) is 2.08. The second kappa shape index (κ2) is 9.98. The molecule has 4 rings (SSSR count). The second-order valence-electron chi connectivity index (χ2n) is 8.56. The van der Waals surface area contributed by atoms with Crippen LogP contribution in [0.4, 0.5) is 4.79 Å². The van der Waals surface area contributed by atoms with Gasteiger partial charge in [-0.05, 0) is 43.1 Å². The minimum absolute atomic E-state index is 0.277. The average molecular weight is 429 g/mol. The first-order valence-corrected chi connectivity index (χ1v) is 11.3. The molecule has 5 nitrogen and oxygen atoms in total. The number of carbonyl (C=O) groups excluding carboxylic acids is 1. The van der Waals surface area contributed by atoms with Crippen LogP contribution in [0, 0.1) is 0 Å². The fourth-order valence-electron chi connectivity index (χ4n) is 4.70. The number of hydrogen-bond donors (Lipinski definition) is 2. The first kappa shape index (κ1) is 22.1. The first-order valence-electron chi connectivity index (χ1n) is 11.3. The number of rotatable bonds is 6. The summed E-state index contributed by atoms with van der Waals surface area (Å²) < 4.78 is 0. The molecule has 0 radical (unpaired) electrons. The SMILES string of the molecule is CN1CCCCC1CN(N)C(=O)NC(c1ccccc1)(c1ccccc1)c1ccccc1. The van der Waals surface area contributed by atoms with E-state index in [-0.39, 0.29) is 12.1 Å². The van der Waals surface area contributed by atoms with E-state index >= 15 is 0 Å². The summed E-state index contributed by atoms with van der Waals surface area (Å²) in [6.45, 7) is 1.54. The van der Waals surface area contributed by atoms with Crippen LogP contribution in [-0.2, 0) is 5.54 Å². The molecular weight excluding hydrogens is 396 g/mol. The van der Waals surface area contributed by atoms with E-state index in [4.69, 9.17) is 5.84 Å². The molecule has 3 N–H and O–H groups in total. The number of hydrazine groups is 1. The number of nitrogens with two attached hydrogens (primary N) is 1. The monoisotopic (exact) mass is 428 g/mol. The van der Waals surface area contributed by atoms with Crippen LogP contribution in [-0.4, -0.2) is 42.1 Å². The highest BCUT2D eigenvalue weighted by Crippen LogP contribution is 2.36. The molecule has 1 aliphatic rings. The van der Waals surface area contributed by atoms with Crippen molar-refractivity contribution in [3.8, 4) is 0 Å². The number of benzene rings is 3. The van der Waals surface area contributed by atoms with Gasteiger partial charge in [0.15, 0.2) is 0 Å². The van der Waals surface area contributed by atoms with Gasteiger partial charge in [0.1, 0.15) is 5.54 Å². The van der Waals surface area contributed by atoms with E-state index in [1.807, 2.05) is 54.6 Å². The summed E-state index contributed by atoms with van der Waals surface area (Å²) in [7, 11) is 2.11. The van der Waals surface area contributed by atoms with E-state index in [1.54, 1.807) is 0 Å². The van der Waals surface area contributed by atoms with E-state index in [9.17, 15) is 4.79 Å². The fourth-order valence-corrected chi connectivity index (χ4v) is 4.70. The van der Waals surface area contributed by atoms with Gasteiger partial charge in [0.05, 0.1) is 6.54 Å². The average Bonchev–Trinajstić information content (AvgIpc) is 2.85. The van der Waals surface area contributed by atoms with E-state index < -0.39 is 5.54 Å². The van der Waals surface area contributed by atoms with Crippen LogP contribution in [0.5, 0.6) is 0 Å². The topological polar surface area (TPSA) is 61.6 Å². The van der Waals surface area contributed by atoms with E-state index in [1.165, 1.54) is 17.9 Å². The Morgan fingerprint density at radius 3 is 1.81 bits per heavy atom. The number of hydrogen-bond acceptors (Lipinski definition) is 3. The molecule has 1 aliphatic heterocycles. The zero-order chi connectivity index (χ0) is 22.4. The Labute approximate surface area is 190 Å². The van der Waals surface area contributed by atoms with E-state index in [0.717, 1.165) is 29.7 Å². The van der Waals surface area contributed by atoms with Crippen molar-refractivity contribution in [3.63, 3.8) is 0 Å². The molecule has 1 saturated heterocycles. The van der Waals surface area contributed by atoms with Crippen molar-refractivity contribution in [1.82, 2.24) is 15.2 Å². The third kappa shape index (κ3) is 4.54. The molecule has 3 aromatic carbocycles. The molecule has 3 aromatic rings. The van der Waals surface area contributed by atoms with Gasteiger partial charge in [-0.25, -0.2) is 10.6 Å². The standard InChI is InChI=1S/C27H32N4O/c1-30-20-12-11-19-25(30)21-31(28)26(32)29-27(22-13-5-2-6-14-22,23-15-7-3-8-16-23)24-17-9-4-10-18-24/h2-10,13-18,25H,11-12,19-21,28H2,1H3,(H,29,32). The lowest BCUT2D eigenvalue weighted by atomic mass is 9.77. The summed E-state index contributed by atoms with van der Waals surface area (Å²) >= 11 is 0. The Bertz CT molecular complexity index is 897. The molecule has 5 heteroatoms. The third-order valence-corrected chi connectivity index (χ3v) is 6.50. The lowest BCUT2D eigenvalue weighted by Crippen LogP contribution is -2.57. The van der Waals surface area contributed by atoms with Gasteiger partial charge in [-0.1, -0.05) is 97.4 Å². The lowest BCUT2D eigenvalue weighted by Gasteiger charge is -2.39. The third-order valence-electron chi connectivity index (χ3n) is 6.50. The van der Waals surface area contributed by atoms with E-state index in [2.05, 4.69) is 53.7 Å². The Morgan fingerprint density at radius 1 is 0.906 bits per heavy atom. The van der Waals surface area contributed by atoms with Crippen LogP contribution in [0.1, 0.15) is 36.0 Å². The fraction of sp³-hybridized carbons (Fsp3) is 0.296. The molecule has 1 fully saturated rings. The van der Waals surface area contributed by atoms with Gasteiger partial charge >= 0.3 is 6.03 Å². The van der Waals surface area contributed by atoms with Crippen molar-refractivity contribution in [2.45, 2.75) is 30.8 Å². The molecule has 1 unspecified atom stereocenters. The number of likely N-dealkylation sites (tertiary alicyclic amines) is 1. The molecule has 1 atom stereocenters. The van der Waals surface area contributed by atoms with Crippen molar-refractivity contribution in [3.05, 3.63) is 108 Å². The zero-order valence-corrected chi connectivity index (χ0v) is 18.7. The number of amides is 2. The Hall–Kier alpha value is -3.15. The molecule has 0 spiro atoms. The van der Waals surface area contributed by atoms with Crippen LogP contribution in [0.3, 0.4) is 0 Å². The smallest absolute Gasteiger partial charge is 0.319 e. The van der Waals surface area contributed by atoms with Gasteiger partial charge < -0.3 is 10.2 Å². The van der Waals surface area contributed by atoms with Crippen LogP contribution >= 0.6 is 0 Å². The van der Waals surface area contributed by atoms with Crippen LogP contribution < -0.4 is 11.2 Å². The molecule has 166 valence electrons. The molecular formula is C27H32N4O. The minimum Gasteiger partial charge on any atom is -0.319 e. The quantitative estimate of drug-likeness (QED) is 0.266. The maximum absolute atomic E-state index is 13.5. The van der Waals surface area contributed by atoms with Crippen LogP contribution in [0.2, 0.25) is 0 Å². The summed E-state index contributed by atoms with van der Waals surface area (Å²) in [5.74, 6) is 6.35. The number of nitrogens with one attached hydrogen (secondary N) is 1. The summed E-state index contributed by atoms with van der Waals surface area (Å²) in [6, 6.07) is 30.3. The summed E-state index contributed by atoms with van der Waals surface area (Å²) in [6.07, 6.45) is 3.42. The predicted octanol–water partition coefficient (Wildman–Crippen LogP) is 4.35. The zero-order valence-electron chi connectivity index (χ0n) is 18.7. The molecule has 1 heterocycles. The van der Waals surface area contributed by atoms with Crippen molar-refractivity contribution in [1.29, 1.82) is 0 Å². The summed E-state index contributed by atoms with van der Waals surface area (Å²) in [5, 5.41) is 4.67. The van der Waals surface area contributed by atoms with Crippen LogP contribution in [0.25, 0.3) is 0 Å². The van der Waals surface area contributed by atoms with Gasteiger partial charge in [0, 0.05) is 6.04 Å². The second-order valence-corrected chi connectivity index (χ2v) is 8.56. The van der Waals surface area contributed by atoms with Crippen LogP contribution in [0.15, 0.2) is 91.0 Å².